The zero-order valence-corrected chi connectivity index (χ0v) is 14.3. The number of carbonyl (C=O) groups is 1. The van der Waals surface area contributed by atoms with E-state index in [1.165, 1.54) is 0 Å². The van der Waals surface area contributed by atoms with Crippen LogP contribution in [0.4, 0.5) is 5.69 Å². The SMILES string of the molecule is COc1ccc(CN(C)CC(=O)Nc2cccc3nsnc23)cc1. The Hall–Kier alpha value is -2.51. The molecule has 3 aromatic rings. The number of likely N-dealkylation sites (N-methyl/N-ethyl adjacent to an activating group) is 1. The van der Waals surface area contributed by atoms with Crippen molar-refractivity contribution >= 4 is 34.4 Å². The van der Waals surface area contributed by atoms with Crippen molar-refractivity contribution in [1.82, 2.24) is 13.6 Å². The molecule has 0 fully saturated rings. The van der Waals surface area contributed by atoms with Gasteiger partial charge < -0.3 is 10.1 Å². The number of methoxy groups -OCH3 is 1. The molecule has 3 rings (SSSR count). The number of fused-ring (bicyclic) bond motifs is 1. The summed E-state index contributed by atoms with van der Waals surface area (Å²) in [6.07, 6.45) is 0. The average Bonchev–Trinajstić information content (AvgIpc) is 3.05. The molecule has 1 aromatic heterocycles. The first kappa shape index (κ1) is 16.4. The average molecular weight is 342 g/mol. The monoisotopic (exact) mass is 342 g/mol. The molecule has 0 aliphatic heterocycles. The predicted molar refractivity (Wildman–Crippen MR) is 95.4 cm³/mol. The number of nitrogens with one attached hydrogen (secondary N) is 1. The maximum atomic E-state index is 12.3. The quantitative estimate of drug-likeness (QED) is 0.746. The van der Waals surface area contributed by atoms with E-state index in [2.05, 4.69) is 14.1 Å². The van der Waals surface area contributed by atoms with E-state index in [-0.39, 0.29) is 5.91 Å². The van der Waals surface area contributed by atoms with Gasteiger partial charge in [0.2, 0.25) is 5.91 Å². The van der Waals surface area contributed by atoms with Crippen LogP contribution in [0.15, 0.2) is 42.5 Å². The van der Waals surface area contributed by atoms with Crippen molar-refractivity contribution in [3.05, 3.63) is 48.0 Å². The Bertz CT molecular complexity index is 832. The third kappa shape index (κ3) is 3.87. The molecule has 0 saturated heterocycles. The molecule has 0 bridgehead atoms. The van der Waals surface area contributed by atoms with Crippen LogP contribution in [0.5, 0.6) is 5.75 Å². The number of amides is 1. The standard InChI is InChI=1S/C17H18N4O2S/c1-21(10-12-6-8-13(23-2)9-7-12)11-16(22)18-14-4-3-5-15-17(14)20-24-19-15/h3-9H,10-11H2,1-2H3,(H,18,22). The largest absolute Gasteiger partial charge is 0.497 e. The first-order valence-corrected chi connectivity index (χ1v) is 8.21. The fourth-order valence-electron chi connectivity index (χ4n) is 2.44. The van der Waals surface area contributed by atoms with Crippen LogP contribution in [-0.4, -0.2) is 40.3 Å². The van der Waals surface area contributed by atoms with Gasteiger partial charge in [-0.05, 0) is 36.9 Å². The summed E-state index contributed by atoms with van der Waals surface area (Å²) in [6, 6.07) is 13.4. The van der Waals surface area contributed by atoms with Gasteiger partial charge in [0.1, 0.15) is 16.8 Å². The van der Waals surface area contributed by atoms with Gasteiger partial charge in [-0.3, -0.25) is 9.69 Å². The zero-order valence-electron chi connectivity index (χ0n) is 13.5. The van der Waals surface area contributed by atoms with Crippen molar-refractivity contribution in [3.63, 3.8) is 0 Å². The van der Waals surface area contributed by atoms with Gasteiger partial charge >= 0.3 is 0 Å². The second-order valence-corrected chi connectivity index (χ2v) is 6.03. The molecule has 0 unspecified atom stereocenters. The third-order valence-electron chi connectivity index (χ3n) is 3.59. The minimum atomic E-state index is -0.0773. The molecule has 1 N–H and O–H groups in total. The smallest absolute Gasteiger partial charge is 0.238 e. The molecule has 1 heterocycles. The minimum absolute atomic E-state index is 0.0773. The van der Waals surface area contributed by atoms with Crippen LogP contribution in [0.25, 0.3) is 11.0 Å². The summed E-state index contributed by atoms with van der Waals surface area (Å²) in [6.45, 7) is 0.972. The normalized spacial score (nSPS) is 11.0. The molecule has 0 aliphatic carbocycles. The van der Waals surface area contributed by atoms with Crippen LogP contribution < -0.4 is 10.1 Å². The topological polar surface area (TPSA) is 67.3 Å². The zero-order chi connectivity index (χ0) is 16.9. The van der Waals surface area contributed by atoms with E-state index < -0.39 is 0 Å². The van der Waals surface area contributed by atoms with Gasteiger partial charge in [0.05, 0.1) is 31.1 Å². The van der Waals surface area contributed by atoms with Gasteiger partial charge in [0, 0.05) is 6.54 Å². The number of ether oxygens (including phenoxy) is 1. The number of anilines is 1. The maximum Gasteiger partial charge on any atom is 0.238 e. The lowest BCUT2D eigenvalue weighted by molar-refractivity contribution is -0.117. The van der Waals surface area contributed by atoms with E-state index in [9.17, 15) is 4.79 Å². The van der Waals surface area contributed by atoms with Gasteiger partial charge in [0.25, 0.3) is 0 Å². The Kier molecular flexibility index (Phi) is 5.02. The molecule has 0 spiro atoms. The van der Waals surface area contributed by atoms with E-state index in [1.807, 2.05) is 54.4 Å². The molecule has 0 saturated carbocycles. The molecule has 124 valence electrons. The second kappa shape index (κ2) is 7.37. The first-order valence-electron chi connectivity index (χ1n) is 7.48. The highest BCUT2D eigenvalue weighted by atomic mass is 32.1. The van der Waals surface area contributed by atoms with Crippen molar-refractivity contribution in [2.75, 3.05) is 26.0 Å². The molecule has 0 aliphatic rings. The van der Waals surface area contributed by atoms with Crippen molar-refractivity contribution in [3.8, 4) is 5.75 Å². The van der Waals surface area contributed by atoms with Crippen LogP contribution >= 0.6 is 11.7 Å². The second-order valence-electron chi connectivity index (χ2n) is 5.51. The highest BCUT2D eigenvalue weighted by Crippen LogP contribution is 2.21. The molecule has 0 atom stereocenters. The highest BCUT2D eigenvalue weighted by molar-refractivity contribution is 7.00. The molecule has 0 radical (unpaired) electrons. The lowest BCUT2D eigenvalue weighted by Gasteiger charge is -2.16. The molecule has 6 nitrogen and oxygen atoms in total. The van der Waals surface area contributed by atoms with Crippen LogP contribution in [0.2, 0.25) is 0 Å². The summed E-state index contributed by atoms with van der Waals surface area (Å²) in [7, 11) is 3.55. The van der Waals surface area contributed by atoms with Gasteiger partial charge in [0.15, 0.2) is 0 Å². The van der Waals surface area contributed by atoms with Crippen molar-refractivity contribution in [2.24, 2.45) is 0 Å². The summed E-state index contributed by atoms with van der Waals surface area (Å²) in [4.78, 5) is 14.2. The van der Waals surface area contributed by atoms with E-state index in [4.69, 9.17) is 4.74 Å². The first-order chi connectivity index (χ1) is 11.7. The summed E-state index contributed by atoms with van der Waals surface area (Å²) in [5.41, 5.74) is 3.35. The van der Waals surface area contributed by atoms with Crippen LogP contribution in [-0.2, 0) is 11.3 Å². The Morgan fingerprint density at radius 2 is 2.00 bits per heavy atom. The van der Waals surface area contributed by atoms with Gasteiger partial charge in [-0.15, -0.1) is 0 Å². The summed E-state index contributed by atoms with van der Waals surface area (Å²) >= 11 is 1.14. The minimum Gasteiger partial charge on any atom is -0.497 e. The van der Waals surface area contributed by atoms with Crippen molar-refractivity contribution in [1.29, 1.82) is 0 Å². The fourth-order valence-corrected chi connectivity index (χ4v) is 2.99. The molecule has 24 heavy (non-hydrogen) atoms. The summed E-state index contributed by atoms with van der Waals surface area (Å²) < 4.78 is 13.5. The van der Waals surface area contributed by atoms with Crippen LogP contribution in [0.1, 0.15) is 5.56 Å². The summed E-state index contributed by atoms with van der Waals surface area (Å²) in [5, 5.41) is 2.91. The van der Waals surface area contributed by atoms with E-state index in [1.54, 1.807) is 7.11 Å². The lowest BCUT2D eigenvalue weighted by atomic mass is 10.2. The Morgan fingerprint density at radius 1 is 1.21 bits per heavy atom. The number of nitrogens with zero attached hydrogens (tertiary/aromatic N) is 3. The molecule has 2 aromatic carbocycles. The summed E-state index contributed by atoms with van der Waals surface area (Å²) in [5.74, 6) is 0.746. The Labute approximate surface area is 144 Å². The van der Waals surface area contributed by atoms with Gasteiger partial charge in [-0.25, -0.2) is 0 Å². The number of aromatic nitrogens is 2. The van der Waals surface area contributed by atoms with E-state index in [0.29, 0.717) is 18.8 Å². The fraction of sp³-hybridized carbons (Fsp3) is 0.235. The molecule has 7 heteroatoms. The van der Waals surface area contributed by atoms with Crippen LogP contribution in [0, 0.1) is 0 Å². The number of carbonyl (C=O) groups excluding carboxylic acids is 1. The van der Waals surface area contributed by atoms with Crippen LogP contribution in [0.3, 0.4) is 0 Å². The maximum absolute atomic E-state index is 12.3. The van der Waals surface area contributed by atoms with Gasteiger partial charge in [-0.1, -0.05) is 18.2 Å². The van der Waals surface area contributed by atoms with E-state index >= 15 is 0 Å². The van der Waals surface area contributed by atoms with Gasteiger partial charge in [-0.2, -0.15) is 8.75 Å². The lowest BCUT2D eigenvalue weighted by Crippen LogP contribution is -2.29. The van der Waals surface area contributed by atoms with E-state index in [0.717, 1.165) is 34.1 Å². The number of rotatable bonds is 6. The number of benzene rings is 2. The number of hydrogen-bond donors (Lipinski definition) is 1. The highest BCUT2D eigenvalue weighted by Gasteiger charge is 2.11. The Balaban J connectivity index is 1.58. The molecular formula is C17H18N4O2S. The van der Waals surface area contributed by atoms with Crippen molar-refractivity contribution < 1.29 is 9.53 Å². The Morgan fingerprint density at radius 3 is 2.75 bits per heavy atom. The third-order valence-corrected chi connectivity index (χ3v) is 4.13. The van der Waals surface area contributed by atoms with Crippen molar-refractivity contribution in [2.45, 2.75) is 6.54 Å². The molecule has 1 amide bonds. The molecular weight excluding hydrogens is 324 g/mol. The number of hydrogen-bond acceptors (Lipinski definition) is 6. The predicted octanol–water partition coefficient (Wildman–Crippen LogP) is 2.77.